The molecule has 2 N–H and O–H groups in total. The molecule has 16 heavy (non-hydrogen) atoms. The van der Waals surface area contributed by atoms with Crippen LogP contribution in [0.1, 0.15) is 5.56 Å². The molecule has 0 amide bonds. The summed E-state index contributed by atoms with van der Waals surface area (Å²) in [5.74, 6) is -1.71. The van der Waals surface area contributed by atoms with Crippen molar-refractivity contribution >= 4 is 26.0 Å². The van der Waals surface area contributed by atoms with Crippen LogP contribution in [0.2, 0.25) is 0 Å². The van der Waals surface area contributed by atoms with Gasteiger partial charge in [0.25, 0.3) is 0 Å². The fourth-order valence-corrected chi connectivity index (χ4v) is 2.11. The Labute approximate surface area is 96.4 Å². The van der Waals surface area contributed by atoms with Crippen molar-refractivity contribution in [1.82, 2.24) is 0 Å². The van der Waals surface area contributed by atoms with Gasteiger partial charge in [-0.1, -0.05) is 0 Å². The van der Waals surface area contributed by atoms with Gasteiger partial charge in [-0.25, -0.2) is 17.9 Å². The van der Waals surface area contributed by atoms with Crippen molar-refractivity contribution in [3.8, 4) is 0 Å². The molecule has 0 saturated heterocycles. The van der Waals surface area contributed by atoms with Gasteiger partial charge in [0.1, 0.15) is 5.56 Å². The summed E-state index contributed by atoms with van der Waals surface area (Å²) in [6, 6.07) is 1.43. The first-order valence-electron chi connectivity index (χ1n) is 3.63. The summed E-state index contributed by atoms with van der Waals surface area (Å²) in [7, 11) is -4.64. The number of nitrogens with two attached hydrogens (primary N) is 1. The highest BCUT2D eigenvalue weighted by molar-refractivity contribution is 9.10. The first-order chi connectivity index (χ1) is 7.05. The molecule has 0 aliphatic carbocycles. The van der Waals surface area contributed by atoms with Crippen LogP contribution < -0.4 is 5.14 Å². The first-order valence-corrected chi connectivity index (χ1v) is 5.97. The second-order valence-electron chi connectivity index (χ2n) is 2.78. The standard InChI is InChI=1S/C7H4BrF4NO2S/c8-3-1-2-4(16(13,14)15)5(6(3)9)7(10,11)12/h1-2H,(H2,13,14,15). The number of alkyl halides is 3. The number of benzene rings is 1. The third-order valence-electron chi connectivity index (χ3n) is 1.65. The molecule has 3 nitrogen and oxygen atoms in total. The Bertz CT molecular complexity index is 526. The minimum Gasteiger partial charge on any atom is -0.225 e. The zero-order valence-electron chi connectivity index (χ0n) is 7.35. The van der Waals surface area contributed by atoms with Gasteiger partial charge in [-0.3, -0.25) is 0 Å². The van der Waals surface area contributed by atoms with E-state index in [1.165, 1.54) is 0 Å². The molecule has 0 radical (unpaired) electrons. The average molecular weight is 322 g/mol. The van der Waals surface area contributed by atoms with Crippen LogP contribution in [-0.4, -0.2) is 8.42 Å². The monoisotopic (exact) mass is 321 g/mol. The van der Waals surface area contributed by atoms with E-state index in [9.17, 15) is 26.0 Å². The van der Waals surface area contributed by atoms with E-state index >= 15 is 0 Å². The molecular weight excluding hydrogens is 318 g/mol. The van der Waals surface area contributed by atoms with Gasteiger partial charge in [-0.2, -0.15) is 13.2 Å². The Morgan fingerprint density at radius 1 is 1.25 bits per heavy atom. The maximum Gasteiger partial charge on any atom is 0.420 e. The van der Waals surface area contributed by atoms with E-state index in [1.54, 1.807) is 0 Å². The third-order valence-corrected chi connectivity index (χ3v) is 3.21. The zero-order chi connectivity index (χ0) is 12.7. The van der Waals surface area contributed by atoms with E-state index in [4.69, 9.17) is 0 Å². The quantitative estimate of drug-likeness (QED) is 0.806. The second-order valence-corrected chi connectivity index (χ2v) is 5.16. The van der Waals surface area contributed by atoms with E-state index in [0.717, 1.165) is 6.07 Å². The molecule has 0 aliphatic heterocycles. The Kier molecular flexibility index (Phi) is 3.32. The average Bonchev–Trinajstić information content (AvgIpc) is 2.05. The fourth-order valence-electron chi connectivity index (χ4n) is 1.03. The molecule has 0 aliphatic rings. The molecule has 9 heteroatoms. The highest BCUT2D eigenvalue weighted by Gasteiger charge is 2.40. The van der Waals surface area contributed by atoms with Gasteiger partial charge in [0.15, 0.2) is 5.82 Å². The van der Waals surface area contributed by atoms with Crippen molar-refractivity contribution in [1.29, 1.82) is 0 Å². The van der Waals surface area contributed by atoms with Gasteiger partial charge in [0, 0.05) is 0 Å². The van der Waals surface area contributed by atoms with Crippen LogP contribution in [-0.2, 0) is 16.2 Å². The molecule has 0 unspecified atom stereocenters. The van der Waals surface area contributed by atoms with Crippen molar-refractivity contribution in [3.63, 3.8) is 0 Å². The largest absolute Gasteiger partial charge is 0.420 e. The van der Waals surface area contributed by atoms with Crippen LogP contribution in [0.15, 0.2) is 21.5 Å². The summed E-state index contributed by atoms with van der Waals surface area (Å²) in [5.41, 5.74) is -1.90. The predicted molar refractivity (Wildman–Crippen MR) is 50.5 cm³/mol. The number of rotatable bonds is 1. The fraction of sp³-hybridized carbons (Fsp3) is 0.143. The van der Waals surface area contributed by atoms with Crippen molar-refractivity contribution in [2.75, 3.05) is 0 Å². The minimum atomic E-state index is -5.14. The number of halogens is 5. The van der Waals surface area contributed by atoms with Gasteiger partial charge in [0.05, 0.1) is 9.37 Å². The van der Waals surface area contributed by atoms with E-state index in [-0.39, 0.29) is 0 Å². The second kappa shape index (κ2) is 3.97. The smallest absolute Gasteiger partial charge is 0.225 e. The normalized spacial score (nSPS) is 12.9. The summed E-state index contributed by atoms with van der Waals surface area (Å²) in [4.78, 5) is -1.29. The lowest BCUT2D eigenvalue weighted by Gasteiger charge is -2.12. The highest BCUT2D eigenvalue weighted by Crippen LogP contribution is 2.38. The lowest BCUT2D eigenvalue weighted by atomic mass is 10.2. The molecule has 90 valence electrons. The summed E-state index contributed by atoms with van der Waals surface area (Å²) in [6.07, 6.45) is -5.14. The Morgan fingerprint density at radius 3 is 2.12 bits per heavy atom. The SMILES string of the molecule is NS(=O)(=O)c1ccc(Br)c(F)c1C(F)(F)F. The van der Waals surface area contributed by atoms with E-state index in [1.807, 2.05) is 0 Å². The van der Waals surface area contributed by atoms with Gasteiger partial charge in [-0.15, -0.1) is 0 Å². The van der Waals surface area contributed by atoms with Gasteiger partial charge in [0.2, 0.25) is 10.0 Å². The molecular formula is C7H4BrF4NO2S. The van der Waals surface area contributed by atoms with Crippen LogP contribution in [0, 0.1) is 5.82 Å². The summed E-state index contributed by atoms with van der Waals surface area (Å²) in [6.45, 7) is 0. The maximum absolute atomic E-state index is 13.2. The van der Waals surface area contributed by atoms with Gasteiger partial charge in [-0.05, 0) is 28.1 Å². The molecule has 1 aromatic carbocycles. The lowest BCUT2D eigenvalue weighted by molar-refractivity contribution is -0.142. The van der Waals surface area contributed by atoms with Crippen molar-refractivity contribution in [2.24, 2.45) is 5.14 Å². The van der Waals surface area contributed by atoms with E-state index in [0.29, 0.717) is 6.07 Å². The number of hydrogen-bond acceptors (Lipinski definition) is 2. The lowest BCUT2D eigenvalue weighted by Crippen LogP contribution is -2.20. The Hall–Kier alpha value is -0.670. The zero-order valence-corrected chi connectivity index (χ0v) is 9.75. The number of sulfonamides is 1. The molecule has 0 fully saturated rings. The molecule has 0 atom stereocenters. The Morgan fingerprint density at radius 2 is 1.75 bits per heavy atom. The number of hydrogen-bond donors (Lipinski definition) is 1. The van der Waals surface area contributed by atoms with Gasteiger partial charge >= 0.3 is 6.18 Å². The molecule has 0 bridgehead atoms. The molecule has 0 aromatic heterocycles. The molecule has 1 rings (SSSR count). The first kappa shape index (κ1) is 13.4. The van der Waals surface area contributed by atoms with Gasteiger partial charge < -0.3 is 0 Å². The van der Waals surface area contributed by atoms with E-state index < -0.39 is 36.9 Å². The van der Waals surface area contributed by atoms with Crippen LogP contribution in [0.25, 0.3) is 0 Å². The molecule has 1 aromatic rings. The van der Waals surface area contributed by atoms with Crippen LogP contribution in [0.4, 0.5) is 17.6 Å². The van der Waals surface area contributed by atoms with Crippen molar-refractivity contribution in [3.05, 3.63) is 28.0 Å². The summed E-state index contributed by atoms with van der Waals surface area (Å²) >= 11 is 2.53. The highest BCUT2D eigenvalue weighted by atomic mass is 79.9. The predicted octanol–water partition coefficient (Wildman–Crippen LogP) is 2.25. The van der Waals surface area contributed by atoms with E-state index in [2.05, 4.69) is 21.1 Å². The molecule has 0 heterocycles. The maximum atomic E-state index is 13.2. The topological polar surface area (TPSA) is 60.2 Å². The minimum absolute atomic E-state index is 0.493. The van der Waals surface area contributed by atoms with Crippen LogP contribution >= 0.6 is 15.9 Å². The van der Waals surface area contributed by atoms with Crippen LogP contribution in [0.3, 0.4) is 0 Å². The molecule has 0 spiro atoms. The third kappa shape index (κ3) is 2.53. The van der Waals surface area contributed by atoms with Crippen LogP contribution in [0.5, 0.6) is 0 Å². The molecule has 0 saturated carbocycles. The van der Waals surface area contributed by atoms with Crippen molar-refractivity contribution in [2.45, 2.75) is 11.1 Å². The number of primary sulfonamides is 1. The Balaban J connectivity index is 3.73. The summed E-state index contributed by atoms with van der Waals surface area (Å²) in [5, 5.41) is 4.56. The summed E-state index contributed by atoms with van der Waals surface area (Å²) < 4.78 is 71.7. The van der Waals surface area contributed by atoms with Crippen molar-refractivity contribution < 1.29 is 26.0 Å².